The van der Waals surface area contributed by atoms with E-state index in [9.17, 15) is 13.2 Å². The molecule has 8 nitrogen and oxygen atoms in total. The summed E-state index contributed by atoms with van der Waals surface area (Å²) in [6.07, 6.45) is 2.71. The SMILES string of the molecule is CCOc1ccc(NC(=O)c2ccoc2)cc1S(=O)(=O)N1CCOCC1. The number of morpholine rings is 1. The van der Waals surface area contributed by atoms with E-state index in [0.717, 1.165) is 0 Å². The number of hydrogen-bond donors (Lipinski definition) is 1. The van der Waals surface area contributed by atoms with Crippen LogP contribution in [0.1, 0.15) is 17.3 Å². The average molecular weight is 380 g/mol. The van der Waals surface area contributed by atoms with Crippen molar-refractivity contribution in [1.82, 2.24) is 4.31 Å². The minimum absolute atomic E-state index is 0.0197. The Hall–Kier alpha value is -2.36. The highest BCUT2D eigenvalue weighted by Crippen LogP contribution is 2.30. The first-order valence-electron chi connectivity index (χ1n) is 8.20. The summed E-state index contributed by atoms with van der Waals surface area (Å²) in [5, 5.41) is 2.67. The maximum atomic E-state index is 13.0. The largest absolute Gasteiger partial charge is 0.492 e. The zero-order valence-electron chi connectivity index (χ0n) is 14.3. The fourth-order valence-corrected chi connectivity index (χ4v) is 4.15. The van der Waals surface area contributed by atoms with Crippen LogP contribution in [0.4, 0.5) is 5.69 Å². The van der Waals surface area contributed by atoms with E-state index in [2.05, 4.69) is 5.32 Å². The van der Waals surface area contributed by atoms with E-state index in [0.29, 0.717) is 31.1 Å². The van der Waals surface area contributed by atoms with Crippen molar-refractivity contribution in [2.24, 2.45) is 0 Å². The summed E-state index contributed by atoms with van der Waals surface area (Å²) in [5.41, 5.74) is 0.697. The lowest BCUT2D eigenvalue weighted by Gasteiger charge is -2.27. The maximum absolute atomic E-state index is 13.0. The van der Waals surface area contributed by atoms with Crippen molar-refractivity contribution >= 4 is 21.6 Å². The number of ether oxygens (including phenoxy) is 2. The topological polar surface area (TPSA) is 98.1 Å². The molecule has 0 spiro atoms. The first-order valence-corrected chi connectivity index (χ1v) is 9.64. The van der Waals surface area contributed by atoms with Crippen molar-refractivity contribution in [1.29, 1.82) is 0 Å². The van der Waals surface area contributed by atoms with Crippen molar-refractivity contribution in [2.75, 3.05) is 38.2 Å². The standard InChI is InChI=1S/C17H20N2O6S/c1-2-25-15-4-3-14(18-17(20)13-5-8-24-12-13)11-16(15)26(21,22)19-6-9-23-10-7-19/h3-5,8,11-12H,2,6-7,9-10H2,1H3,(H,18,20). The summed E-state index contributed by atoms with van der Waals surface area (Å²) >= 11 is 0. The Kier molecular flexibility index (Phi) is 5.60. The number of anilines is 1. The molecule has 2 aromatic rings. The fraction of sp³-hybridized carbons (Fsp3) is 0.353. The van der Waals surface area contributed by atoms with Gasteiger partial charge in [-0.1, -0.05) is 0 Å². The van der Waals surface area contributed by atoms with Gasteiger partial charge in [-0.05, 0) is 31.2 Å². The fourth-order valence-electron chi connectivity index (χ4n) is 2.59. The molecular weight excluding hydrogens is 360 g/mol. The van der Waals surface area contributed by atoms with Crippen molar-refractivity contribution in [2.45, 2.75) is 11.8 Å². The second kappa shape index (κ2) is 7.90. The van der Waals surface area contributed by atoms with Crippen LogP contribution < -0.4 is 10.1 Å². The van der Waals surface area contributed by atoms with Gasteiger partial charge in [0.05, 0.1) is 31.6 Å². The molecule has 1 N–H and O–H groups in total. The van der Waals surface area contributed by atoms with Gasteiger partial charge in [0, 0.05) is 18.8 Å². The highest BCUT2D eigenvalue weighted by atomic mass is 32.2. The lowest BCUT2D eigenvalue weighted by molar-refractivity contribution is 0.0729. The summed E-state index contributed by atoms with van der Waals surface area (Å²) in [6.45, 7) is 3.35. The number of furan rings is 1. The van der Waals surface area contributed by atoms with Crippen molar-refractivity contribution in [3.05, 3.63) is 42.4 Å². The molecule has 1 aliphatic heterocycles. The quantitative estimate of drug-likeness (QED) is 0.823. The number of sulfonamides is 1. The van der Waals surface area contributed by atoms with Gasteiger partial charge in [0.15, 0.2) is 0 Å². The zero-order chi connectivity index (χ0) is 18.6. The third-order valence-electron chi connectivity index (χ3n) is 3.87. The summed E-state index contributed by atoms with van der Waals surface area (Å²) < 4.78 is 43.0. The number of nitrogens with zero attached hydrogens (tertiary/aromatic N) is 1. The molecule has 0 aliphatic carbocycles. The van der Waals surface area contributed by atoms with Crippen LogP contribution in [-0.4, -0.2) is 51.5 Å². The maximum Gasteiger partial charge on any atom is 0.258 e. The van der Waals surface area contributed by atoms with Crippen molar-refractivity contribution in [3.63, 3.8) is 0 Å². The Labute approximate surface area is 151 Å². The monoisotopic (exact) mass is 380 g/mol. The molecule has 0 radical (unpaired) electrons. The minimum atomic E-state index is -3.77. The Morgan fingerprint density at radius 1 is 1.27 bits per heavy atom. The number of benzene rings is 1. The first-order chi connectivity index (χ1) is 12.5. The molecule has 1 aliphatic rings. The predicted molar refractivity (Wildman–Crippen MR) is 93.9 cm³/mol. The van der Waals surface area contributed by atoms with Gasteiger partial charge in [-0.15, -0.1) is 0 Å². The van der Waals surface area contributed by atoms with E-state index in [4.69, 9.17) is 13.9 Å². The van der Waals surface area contributed by atoms with Crippen LogP contribution in [0.15, 0.2) is 46.1 Å². The third kappa shape index (κ3) is 3.90. The molecule has 1 amide bonds. The van der Waals surface area contributed by atoms with Gasteiger partial charge in [-0.2, -0.15) is 4.31 Å². The summed E-state index contributed by atoms with van der Waals surface area (Å²) in [6, 6.07) is 6.08. The summed E-state index contributed by atoms with van der Waals surface area (Å²) in [7, 11) is -3.77. The second-order valence-electron chi connectivity index (χ2n) is 5.58. The average Bonchev–Trinajstić information content (AvgIpc) is 3.19. The number of carbonyl (C=O) groups excluding carboxylic acids is 1. The molecule has 26 heavy (non-hydrogen) atoms. The van der Waals surface area contributed by atoms with E-state index in [-0.39, 0.29) is 23.7 Å². The molecule has 1 aromatic carbocycles. The second-order valence-corrected chi connectivity index (χ2v) is 7.48. The summed E-state index contributed by atoms with van der Waals surface area (Å²) in [5.74, 6) is -0.141. The smallest absolute Gasteiger partial charge is 0.258 e. The molecular formula is C17H20N2O6S. The van der Waals surface area contributed by atoms with Crippen LogP contribution in [0.3, 0.4) is 0 Å². The predicted octanol–water partition coefficient (Wildman–Crippen LogP) is 1.95. The lowest BCUT2D eigenvalue weighted by Crippen LogP contribution is -2.40. The van der Waals surface area contributed by atoms with E-state index in [1.54, 1.807) is 19.1 Å². The molecule has 2 heterocycles. The lowest BCUT2D eigenvalue weighted by atomic mass is 10.2. The van der Waals surface area contributed by atoms with Crippen LogP contribution >= 0.6 is 0 Å². The highest BCUT2D eigenvalue weighted by molar-refractivity contribution is 7.89. The van der Waals surface area contributed by atoms with Crippen molar-refractivity contribution < 1.29 is 27.1 Å². The first kappa shape index (κ1) is 18.4. The van der Waals surface area contributed by atoms with Gasteiger partial charge in [0.1, 0.15) is 16.9 Å². The Morgan fingerprint density at radius 3 is 2.69 bits per heavy atom. The van der Waals surface area contributed by atoms with Crippen LogP contribution in [-0.2, 0) is 14.8 Å². The zero-order valence-corrected chi connectivity index (χ0v) is 15.1. The van der Waals surface area contributed by atoms with Gasteiger partial charge < -0.3 is 19.2 Å². The van der Waals surface area contributed by atoms with E-state index < -0.39 is 15.9 Å². The van der Waals surface area contributed by atoms with Gasteiger partial charge in [-0.25, -0.2) is 8.42 Å². The Bertz CT molecular complexity index is 857. The van der Waals surface area contributed by atoms with Gasteiger partial charge >= 0.3 is 0 Å². The molecule has 0 unspecified atom stereocenters. The summed E-state index contributed by atoms with van der Waals surface area (Å²) in [4.78, 5) is 12.2. The van der Waals surface area contributed by atoms with E-state index in [1.807, 2.05) is 0 Å². The normalized spacial score (nSPS) is 15.6. The van der Waals surface area contributed by atoms with Crippen molar-refractivity contribution in [3.8, 4) is 5.75 Å². The Morgan fingerprint density at radius 2 is 2.04 bits per heavy atom. The van der Waals surface area contributed by atoms with Crippen LogP contribution in [0.5, 0.6) is 5.75 Å². The molecule has 1 aromatic heterocycles. The molecule has 1 saturated heterocycles. The highest BCUT2D eigenvalue weighted by Gasteiger charge is 2.29. The van der Waals surface area contributed by atoms with E-state index >= 15 is 0 Å². The molecule has 0 atom stereocenters. The number of hydrogen-bond acceptors (Lipinski definition) is 6. The van der Waals surface area contributed by atoms with Gasteiger partial charge in [-0.3, -0.25) is 4.79 Å². The molecule has 0 saturated carbocycles. The van der Waals surface area contributed by atoms with Crippen LogP contribution in [0, 0.1) is 0 Å². The van der Waals surface area contributed by atoms with Gasteiger partial charge in [0.2, 0.25) is 10.0 Å². The third-order valence-corrected chi connectivity index (χ3v) is 5.79. The molecule has 0 bridgehead atoms. The van der Waals surface area contributed by atoms with Crippen LogP contribution in [0.25, 0.3) is 0 Å². The molecule has 1 fully saturated rings. The number of rotatable bonds is 6. The minimum Gasteiger partial charge on any atom is -0.492 e. The molecule has 9 heteroatoms. The molecule has 140 valence electrons. The van der Waals surface area contributed by atoms with Gasteiger partial charge in [0.25, 0.3) is 5.91 Å². The van der Waals surface area contributed by atoms with E-state index in [1.165, 1.54) is 29.0 Å². The van der Waals surface area contributed by atoms with Crippen LogP contribution in [0.2, 0.25) is 0 Å². The molecule has 3 rings (SSSR count). The Balaban J connectivity index is 1.92. The number of amides is 1. The number of nitrogens with one attached hydrogen (secondary N) is 1. The number of carbonyl (C=O) groups is 1.